The molecule has 140 valence electrons. The molecule has 4 rings (SSSR count). The fourth-order valence-corrected chi connectivity index (χ4v) is 4.19. The molecule has 27 heavy (non-hydrogen) atoms. The van der Waals surface area contributed by atoms with Crippen LogP contribution in [0.1, 0.15) is 30.4 Å². The number of primary amides is 1. The van der Waals surface area contributed by atoms with E-state index in [1.165, 1.54) is 15.2 Å². The number of aromatic nitrogens is 3. The molecule has 1 aliphatic rings. The molecule has 1 aromatic carbocycles. The van der Waals surface area contributed by atoms with Crippen LogP contribution in [0.15, 0.2) is 47.4 Å². The third kappa shape index (κ3) is 3.26. The van der Waals surface area contributed by atoms with E-state index in [1.807, 2.05) is 12.1 Å². The van der Waals surface area contributed by atoms with Crippen LogP contribution >= 0.6 is 0 Å². The lowest BCUT2D eigenvalue weighted by Crippen LogP contribution is -3.09. The van der Waals surface area contributed by atoms with Gasteiger partial charge in [-0.25, -0.2) is 4.98 Å². The number of hydrogen-bond acceptors (Lipinski definition) is 3. The first kappa shape index (κ1) is 17.5. The molecule has 7 nitrogen and oxygen atoms in total. The lowest BCUT2D eigenvalue weighted by Gasteiger charge is -2.23. The highest BCUT2D eigenvalue weighted by Gasteiger charge is 2.33. The van der Waals surface area contributed by atoms with Gasteiger partial charge in [-0.2, -0.15) is 0 Å². The number of para-hydroxylation sites is 1. The average Bonchev–Trinajstić information content (AvgIpc) is 3.26. The number of nitrogens with zero attached hydrogens (tertiary/aromatic N) is 3. The van der Waals surface area contributed by atoms with Gasteiger partial charge in [0.05, 0.1) is 23.1 Å². The lowest BCUT2D eigenvalue weighted by atomic mass is 10.1. The summed E-state index contributed by atoms with van der Waals surface area (Å²) in [6, 6.07) is 11.8. The predicted octanol–water partition coefficient (Wildman–Crippen LogP) is 0.140. The van der Waals surface area contributed by atoms with Gasteiger partial charge in [-0.3, -0.25) is 14.2 Å². The molecule has 7 heteroatoms. The van der Waals surface area contributed by atoms with Crippen LogP contribution in [0.3, 0.4) is 0 Å². The number of nitrogens with one attached hydrogen (secondary N) is 1. The highest BCUT2D eigenvalue weighted by Crippen LogP contribution is 2.19. The first-order chi connectivity index (χ1) is 13.0. The van der Waals surface area contributed by atoms with Gasteiger partial charge in [0.15, 0.2) is 5.82 Å². The summed E-state index contributed by atoms with van der Waals surface area (Å²) in [5.74, 6) is 0.0828. The molecule has 1 unspecified atom stereocenters. The Kier molecular flexibility index (Phi) is 4.53. The van der Waals surface area contributed by atoms with E-state index in [0.717, 1.165) is 19.4 Å². The molecule has 2 aromatic heterocycles. The topological polar surface area (TPSA) is 87.3 Å². The van der Waals surface area contributed by atoms with Gasteiger partial charge in [0, 0.05) is 26.1 Å². The predicted molar refractivity (Wildman–Crippen MR) is 102 cm³/mol. The molecule has 3 heterocycles. The number of aryl methyl sites for hydroxylation is 1. The normalized spacial score (nSPS) is 19.6. The molecule has 3 N–H and O–H groups in total. The summed E-state index contributed by atoms with van der Waals surface area (Å²) < 4.78 is 3.60. The van der Waals surface area contributed by atoms with E-state index < -0.39 is 5.91 Å². The van der Waals surface area contributed by atoms with Crippen molar-refractivity contribution in [3.8, 4) is 0 Å². The van der Waals surface area contributed by atoms with Crippen molar-refractivity contribution < 1.29 is 9.69 Å². The maximum atomic E-state index is 12.9. The van der Waals surface area contributed by atoms with Crippen LogP contribution in [0.2, 0.25) is 0 Å². The third-order valence-corrected chi connectivity index (χ3v) is 5.46. The minimum atomic E-state index is -0.536. The molecule has 0 radical (unpaired) electrons. The second-order valence-corrected chi connectivity index (χ2v) is 7.23. The van der Waals surface area contributed by atoms with E-state index >= 15 is 0 Å². The van der Waals surface area contributed by atoms with E-state index in [-0.39, 0.29) is 12.1 Å². The first-order valence-corrected chi connectivity index (χ1v) is 9.27. The third-order valence-electron chi connectivity index (χ3n) is 5.46. The Labute approximate surface area is 157 Å². The number of hydrogen-bond donors (Lipinski definition) is 2. The van der Waals surface area contributed by atoms with Gasteiger partial charge < -0.3 is 15.2 Å². The summed E-state index contributed by atoms with van der Waals surface area (Å²) in [6.45, 7) is 1.45. The highest BCUT2D eigenvalue weighted by atomic mass is 16.2. The van der Waals surface area contributed by atoms with Gasteiger partial charge in [0.2, 0.25) is 5.91 Å². The van der Waals surface area contributed by atoms with Crippen LogP contribution in [0.5, 0.6) is 0 Å². The van der Waals surface area contributed by atoms with Crippen LogP contribution in [0.4, 0.5) is 0 Å². The molecule has 0 saturated carbocycles. The summed E-state index contributed by atoms with van der Waals surface area (Å²) in [7, 11) is 2.06. The fraction of sp³-hybridized carbons (Fsp3) is 0.350. The van der Waals surface area contributed by atoms with Gasteiger partial charge in [-0.15, -0.1) is 0 Å². The molecule has 0 aliphatic carbocycles. The maximum absolute atomic E-state index is 12.9. The number of rotatable bonds is 5. The average molecular weight is 366 g/mol. The number of amides is 1. The van der Waals surface area contributed by atoms with Crippen molar-refractivity contribution in [1.29, 1.82) is 0 Å². The zero-order chi connectivity index (χ0) is 19.0. The number of quaternary nitrogens is 1. The van der Waals surface area contributed by atoms with Crippen molar-refractivity contribution in [1.82, 2.24) is 14.1 Å². The monoisotopic (exact) mass is 366 g/mol. The summed E-state index contributed by atoms with van der Waals surface area (Å²) in [5.41, 5.74) is 7.14. The lowest BCUT2D eigenvalue weighted by molar-refractivity contribution is -0.933. The number of likely N-dealkylation sites (tertiary alicyclic amines) is 1. The van der Waals surface area contributed by atoms with Crippen LogP contribution in [0.25, 0.3) is 10.9 Å². The second kappa shape index (κ2) is 7.00. The zero-order valence-corrected chi connectivity index (χ0v) is 15.4. The Morgan fingerprint density at radius 1 is 1.30 bits per heavy atom. The van der Waals surface area contributed by atoms with E-state index in [2.05, 4.69) is 29.9 Å². The van der Waals surface area contributed by atoms with Gasteiger partial charge in [0.1, 0.15) is 19.1 Å². The van der Waals surface area contributed by atoms with Crippen molar-refractivity contribution >= 4 is 16.8 Å². The van der Waals surface area contributed by atoms with E-state index in [4.69, 9.17) is 10.7 Å². The van der Waals surface area contributed by atoms with Crippen LogP contribution in [0, 0.1) is 0 Å². The maximum Gasteiger partial charge on any atom is 0.262 e. The standard InChI is InChI=1S/C20H23N5O2/c1-23-10-4-8-16(23)17-9-5-11-24(17)13-19-22-15-7-3-2-6-14(15)20(27)25(19)12-18(21)26/h2-4,6-8,10,17H,5,9,11-13H2,1H3,(H2,21,26)/p+1/t17-/m1/s1. The molecule has 1 aliphatic heterocycles. The number of nitrogens with two attached hydrogens (primary N) is 1. The second-order valence-electron chi connectivity index (χ2n) is 7.23. The molecule has 2 atom stereocenters. The molecule has 1 amide bonds. The van der Waals surface area contributed by atoms with E-state index in [0.29, 0.717) is 29.3 Å². The van der Waals surface area contributed by atoms with Crippen molar-refractivity contribution in [2.45, 2.75) is 32.0 Å². The van der Waals surface area contributed by atoms with Gasteiger partial charge in [-0.1, -0.05) is 12.1 Å². The van der Waals surface area contributed by atoms with Gasteiger partial charge in [-0.05, 0) is 24.3 Å². The molecular weight excluding hydrogens is 342 g/mol. The number of fused-ring (bicyclic) bond motifs is 1. The summed E-state index contributed by atoms with van der Waals surface area (Å²) in [6.07, 6.45) is 4.28. The smallest absolute Gasteiger partial charge is 0.262 e. The largest absolute Gasteiger partial charge is 0.368 e. The van der Waals surface area contributed by atoms with Crippen molar-refractivity contribution in [2.75, 3.05) is 6.54 Å². The zero-order valence-electron chi connectivity index (χ0n) is 15.4. The Bertz CT molecular complexity index is 1050. The molecule has 1 saturated heterocycles. The summed E-state index contributed by atoms with van der Waals surface area (Å²) >= 11 is 0. The molecular formula is C20H24N5O2+. The number of carbonyl (C=O) groups excluding carboxylic acids is 1. The Balaban J connectivity index is 1.75. The molecule has 3 aromatic rings. The van der Waals surface area contributed by atoms with Crippen LogP contribution in [-0.2, 0) is 24.9 Å². The minimum absolute atomic E-state index is 0.145. The Morgan fingerprint density at radius 3 is 2.85 bits per heavy atom. The molecule has 0 spiro atoms. The minimum Gasteiger partial charge on any atom is -0.368 e. The number of carbonyl (C=O) groups is 1. The van der Waals surface area contributed by atoms with Crippen molar-refractivity contribution in [3.63, 3.8) is 0 Å². The van der Waals surface area contributed by atoms with E-state index in [1.54, 1.807) is 12.1 Å². The SMILES string of the molecule is Cn1cccc1[C@H]1CCC[NH+]1Cc1nc2ccccc2c(=O)n1CC(N)=O. The van der Waals surface area contributed by atoms with Crippen LogP contribution in [-0.4, -0.2) is 26.6 Å². The number of benzene rings is 1. The quantitative estimate of drug-likeness (QED) is 0.673. The fourth-order valence-electron chi connectivity index (χ4n) is 4.19. The Morgan fingerprint density at radius 2 is 2.11 bits per heavy atom. The van der Waals surface area contributed by atoms with E-state index in [9.17, 15) is 9.59 Å². The van der Waals surface area contributed by atoms with Crippen molar-refractivity contribution in [3.05, 3.63) is 64.5 Å². The van der Waals surface area contributed by atoms with Gasteiger partial charge >= 0.3 is 0 Å². The molecule has 0 bridgehead atoms. The highest BCUT2D eigenvalue weighted by molar-refractivity contribution is 5.78. The summed E-state index contributed by atoms with van der Waals surface area (Å²) in [5, 5.41) is 0.512. The first-order valence-electron chi connectivity index (χ1n) is 9.27. The van der Waals surface area contributed by atoms with Crippen molar-refractivity contribution in [2.24, 2.45) is 12.8 Å². The summed E-state index contributed by atoms with van der Waals surface area (Å²) in [4.78, 5) is 30.6. The molecule has 1 fully saturated rings. The van der Waals surface area contributed by atoms with Gasteiger partial charge in [0.25, 0.3) is 5.56 Å². The van der Waals surface area contributed by atoms with Crippen LogP contribution < -0.4 is 16.2 Å². The Hall–Kier alpha value is -2.93.